The standard InChI is InChI=1S/C12H15FN2O2/c1-17-11-3-2-8(6-10(11)13)12(16)15-5-4-9(14)7-15/h2-3,6,9H,4-5,7,14H2,1H3/t9-/m1/s1. The number of nitrogens with two attached hydrogens (primary N) is 1. The molecule has 1 saturated heterocycles. The third kappa shape index (κ3) is 2.39. The van der Waals surface area contributed by atoms with Crippen molar-refractivity contribution in [2.75, 3.05) is 20.2 Å². The Hall–Kier alpha value is -1.62. The molecule has 1 amide bonds. The van der Waals surface area contributed by atoms with Gasteiger partial charge in [-0.05, 0) is 24.6 Å². The van der Waals surface area contributed by atoms with E-state index in [-0.39, 0.29) is 17.7 Å². The summed E-state index contributed by atoms with van der Waals surface area (Å²) in [5.74, 6) is -0.568. The number of likely N-dealkylation sites (tertiary alicyclic amines) is 1. The molecule has 1 heterocycles. The SMILES string of the molecule is COc1ccc(C(=O)N2CC[C@@H](N)C2)cc1F. The Kier molecular flexibility index (Phi) is 3.28. The maximum absolute atomic E-state index is 13.5. The topological polar surface area (TPSA) is 55.6 Å². The molecule has 92 valence electrons. The van der Waals surface area contributed by atoms with Crippen molar-refractivity contribution < 1.29 is 13.9 Å². The minimum Gasteiger partial charge on any atom is -0.494 e. The zero-order valence-corrected chi connectivity index (χ0v) is 9.65. The number of nitrogens with zero attached hydrogens (tertiary/aromatic N) is 1. The Morgan fingerprint density at radius 3 is 2.88 bits per heavy atom. The molecule has 1 aliphatic heterocycles. The van der Waals surface area contributed by atoms with Crippen molar-refractivity contribution in [3.8, 4) is 5.75 Å². The van der Waals surface area contributed by atoms with E-state index in [4.69, 9.17) is 10.5 Å². The van der Waals surface area contributed by atoms with Crippen LogP contribution < -0.4 is 10.5 Å². The van der Waals surface area contributed by atoms with E-state index in [1.54, 1.807) is 11.0 Å². The van der Waals surface area contributed by atoms with Gasteiger partial charge in [0, 0.05) is 24.7 Å². The molecule has 0 radical (unpaired) electrons. The number of carbonyl (C=O) groups excluding carboxylic acids is 1. The lowest BCUT2D eigenvalue weighted by Crippen LogP contribution is -2.31. The normalized spacial score (nSPS) is 19.5. The summed E-state index contributed by atoms with van der Waals surface area (Å²) in [4.78, 5) is 13.7. The van der Waals surface area contributed by atoms with Gasteiger partial charge in [0.05, 0.1) is 7.11 Å². The van der Waals surface area contributed by atoms with Crippen LogP contribution in [-0.2, 0) is 0 Å². The van der Waals surface area contributed by atoms with Crippen LogP contribution in [0.2, 0.25) is 0 Å². The van der Waals surface area contributed by atoms with E-state index in [0.29, 0.717) is 18.7 Å². The van der Waals surface area contributed by atoms with Crippen LogP contribution >= 0.6 is 0 Å². The van der Waals surface area contributed by atoms with Gasteiger partial charge in [0.1, 0.15) is 0 Å². The molecule has 0 aliphatic carbocycles. The van der Waals surface area contributed by atoms with E-state index >= 15 is 0 Å². The molecule has 2 N–H and O–H groups in total. The third-order valence-corrected chi connectivity index (χ3v) is 2.91. The van der Waals surface area contributed by atoms with Gasteiger partial charge in [0.15, 0.2) is 11.6 Å². The smallest absolute Gasteiger partial charge is 0.254 e. The highest BCUT2D eigenvalue weighted by Crippen LogP contribution is 2.20. The summed E-state index contributed by atoms with van der Waals surface area (Å²) in [7, 11) is 1.39. The van der Waals surface area contributed by atoms with Crippen LogP contribution in [0.3, 0.4) is 0 Å². The van der Waals surface area contributed by atoms with E-state index in [1.165, 1.54) is 19.2 Å². The van der Waals surface area contributed by atoms with Crippen molar-refractivity contribution in [1.29, 1.82) is 0 Å². The van der Waals surface area contributed by atoms with Crippen molar-refractivity contribution >= 4 is 5.91 Å². The lowest BCUT2D eigenvalue weighted by molar-refractivity contribution is 0.0790. The maximum atomic E-state index is 13.5. The lowest BCUT2D eigenvalue weighted by Gasteiger charge is -2.16. The number of benzene rings is 1. The fourth-order valence-electron chi connectivity index (χ4n) is 1.95. The van der Waals surface area contributed by atoms with E-state index < -0.39 is 5.82 Å². The Bertz CT molecular complexity index is 437. The van der Waals surface area contributed by atoms with Crippen LogP contribution in [0.1, 0.15) is 16.8 Å². The molecule has 0 spiro atoms. The van der Waals surface area contributed by atoms with Crippen LogP contribution in [0.25, 0.3) is 0 Å². The third-order valence-electron chi connectivity index (χ3n) is 2.91. The highest BCUT2D eigenvalue weighted by Gasteiger charge is 2.24. The highest BCUT2D eigenvalue weighted by atomic mass is 19.1. The minimum atomic E-state index is -0.526. The number of amides is 1. The minimum absolute atomic E-state index is 0.0297. The fraction of sp³-hybridized carbons (Fsp3) is 0.417. The van der Waals surface area contributed by atoms with E-state index in [9.17, 15) is 9.18 Å². The first kappa shape index (κ1) is 11.9. The van der Waals surface area contributed by atoms with Crippen molar-refractivity contribution in [3.63, 3.8) is 0 Å². The Morgan fingerprint density at radius 1 is 1.59 bits per heavy atom. The predicted molar refractivity (Wildman–Crippen MR) is 61.4 cm³/mol. The molecule has 0 bridgehead atoms. The van der Waals surface area contributed by atoms with Gasteiger partial charge < -0.3 is 15.4 Å². The van der Waals surface area contributed by atoms with Crippen LogP contribution in [0.4, 0.5) is 4.39 Å². The molecule has 1 aromatic rings. The first-order chi connectivity index (χ1) is 8.11. The summed E-state index contributed by atoms with van der Waals surface area (Å²) >= 11 is 0. The Morgan fingerprint density at radius 2 is 2.35 bits per heavy atom. The van der Waals surface area contributed by atoms with Crippen LogP contribution in [0, 0.1) is 5.82 Å². The zero-order valence-electron chi connectivity index (χ0n) is 9.65. The molecular formula is C12H15FN2O2. The van der Waals surface area contributed by atoms with Gasteiger partial charge in [0.25, 0.3) is 5.91 Å². The Labute approximate surface area is 99.2 Å². The van der Waals surface area contributed by atoms with E-state index in [1.807, 2.05) is 0 Å². The number of rotatable bonds is 2. The van der Waals surface area contributed by atoms with E-state index in [0.717, 1.165) is 6.42 Å². The monoisotopic (exact) mass is 238 g/mol. The van der Waals surface area contributed by atoms with Gasteiger partial charge in [-0.15, -0.1) is 0 Å². The molecule has 1 aromatic carbocycles. The van der Waals surface area contributed by atoms with Gasteiger partial charge in [-0.3, -0.25) is 4.79 Å². The Balaban J connectivity index is 2.17. The van der Waals surface area contributed by atoms with Crippen LogP contribution in [-0.4, -0.2) is 37.0 Å². The molecule has 1 aliphatic rings. The summed E-state index contributed by atoms with van der Waals surface area (Å²) in [5, 5.41) is 0. The van der Waals surface area contributed by atoms with Crippen LogP contribution in [0.5, 0.6) is 5.75 Å². The first-order valence-electron chi connectivity index (χ1n) is 5.50. The molecule has 5 heteroatoms. The predicted octanol–water partition coefficient (Wildman–Crippen LogP) is 1.01. The molecule has 0 saturated carbocycles. The second-order valence-corrected chi connectivity index (χ2v) is 4.15. The van der Waals surface area contributed by atoms with Gasteiger partial charge in [0.2, 0.25) is 0 Å². The quantitative estimate of drug-likeness (QED) is 0.836. The number of carbonyl (C=O) groups is 1. The van der Waals surface area contributed by atoms with Crippen molar-refractivity contribution in [1.82, 2.24) is 4.90 Å². The average Bonchev–Trinajstić information content (AvgIpc) is 2.75. The number of hydrogen-bond donors (Lipinski definition) is 1. The molecule has 4 nitrogen and oxygen atoms in total. The number of ether oxygens (including phenoxy) is 1. The van der Waals surface area contributed by atoms with Gasteiger partial charge in [-0.25, -0.2) is 4.39 Å². The highest BCUT2D eigenvalue weighted by molar-refractivity contribution is 5.94. The summed E-state index contributed by atoms with van der Waals surface area (Å²) in [5.41, 5.74) is 6.06. The summed E-state index contributed by atoms with van der Waals surface area (Å²) in [6.45, 7) is 1.17. The van der Waals surface area contributed by atoms with E-state index in [2.05, 4.69) is 0 Å². The second kappa shape index (κ2) is 4.71. The molecule has 17 heavy (non-hydrogen) atoms. The lowest BCUT2D eigenvalue weighted by atomic mass is 10.2. The van der Waals surface area contributed by atoms with Crippen molar-refractivity contribution in [3.05, 3.63) is 29.6 Å². The number of hydrogen-bond acceptors (Lipinski definition) is 3. The van der Waals surface area contributed by atoms with Gasteiger partial charge in [-0.1, -0.05) is 0 Å². The summed E-state index contributed by atoms with van der Waals surface area (Å²) in [6, 6.07) is 4.25. The summed E-state index contributed by atoms with van der Waals surface area (Å²) < 4.78 is 18.3. The molecule has 1 fully saturated rings. The van der Waals surface area contributed by atoms with Gasteiger partial charge >= 0.3 is 0 Å². The fourth-order valence-corrected chi connectivity index (χ4v) is 1.95. The average molecular weight is 238 g/mol. The molecular weight excluding hydrogens is 223 g/mol. The van der Waals surface area contributed by atoms with Gasteiger partial charge in [-0.2, -0.15) is 0 Å². The van der Waals surface area contributed by atoms with Crippen LogP contribution in [0.15, 0.2) is 18.2 Å². The van der Waals surface area contributed by atoms with Crippen molar-refractivity contribution in [2.45, 2.75) is 12.5 Å². The zero-order chi connectivity index (χ0) is 12.4. The summed E-state index contributed by atoms with van der Waals surface area (Å²) in [6.07, 6.45) is 0.796. The molecule has 1 atom stereocenters. The second-order valence-electron chi connectivity index (χ2n) is 4.15. The first-order valence-corrected chi connectivity index (χ1v) is 5.50. The van der Waals surface area contributed by atoms with Crippen molar-refractivity contribution in [2.24, 2.45) is 5.73 Å². The number of halogens is 1. The molecule has 0 unspecified atom stereocenters. The molecule has 0 aromatic heterocycles. The largest absolute Gasteiger partial charge is 0.494 e. The number of methoxy groups -OCH3 is 1. The maximum Gasteiger partial charge on any atom is 0.254 e. The molecule has 2 rings (SSSR count).